The van der Waals surface area contributed by atoms with Crippen LogP contribution in [0.2, 0.25) is 0 Å². The van der Waals surface area contributed by atoms with Crippen LogP contribution in [0.4, 0.5) is 5.95 Å². The van der Waals surface area contributed by atoms with Gasteiger partial charge in [0.1, 0.15) is 0 Å². The molecule has 2 aromatic rings. The Hall–Kier alpha value is -1.74. The van der Waals surface area contributed by atoms with Crippen LogP contribution in [0.1, 0.15) is 0 Å². The zero-order valence-electron chi connectivity index (χ0n) is 10.6. The molecule has 1 atom stereocenters. The molecule has 0 radical (unpaired) electrons. The number of rotatable bonds is 7. The number of anilines is 1. The number of nitrogens with zero attached hydrogens (tertiary/aromatic N) is 4. The van der Waals surface area contributed by atoms with Crippen LogP contribution in [0.15, 0.2) is 6.33 Å². The quantitative estimate of drug-likeness (QED) is 0.404. The normalized spacial score (nSPS) is 12.7. The lowest BCUT2D eigenvalue weighted by atomic mass is 10.5. The van der Waals surface area contributed by atoms with Gasteiger partial charge in [0, 0.05) is 6.54 Å². The summed E-state index contributed by atoms with van der Waals surface area (Å²) in [5, 5.41) is 0. The van der Waals surface area contributed by atoms with E-state index in [-0.39, 0.29) is 19.3 Å². The molecule has 0 fully saturated rings. The molecule has 0 saturated carbocycles. The number of methoxy groups -OCH3 is 1. The van der Waals surface area contributed by atoms with Gasteiger partial charge in [0.2, 0.25) is 11.8 Å². The molecule has 0 amide bonds. The lowest BCUT2D eigenvalue weighted by molar-refractivity contribution is 0.0106. The van der Waals surface area contributed by atoms with E-state index in [4.69, 9.17) is 20.1 Å². The van der Waals surface area contributed by atoms with Crippen LogP contribution < -0.4 is 10.5 Å². The summed E-state index contributed by atoms with van der Waals surface area (Å²) in [4.78, 5) is 20.6. The van der Waals surface area contributed by atoms with E-state index in [1.807, 2.05) is 0 Å². The Morgan fingerprint density at radius 1 is 1.50 bits per heavy atom. The largest absolute Gasteiger partial charge is 0.479 e. The van der Waals surface area contributed by atoms with E-state index >= 15 is 0 Å². The van der Waals surface area contributed by atoms with Crippen molar-refractivity contribution in [2.24, 2.45) is 0 Å². The molecule has 2 heterocycles. The molecule has 0 aliphatic heterocycles. The number of hydrogen-bond acceptors (Lipinski definition) is 8. The predicted octanol–water partition coefficient (Wildman–Crippen LogP) is -0.210. The maximum absolute atomic E-state index is 10.3. The predicted molar refractivity (Wildman–Crippen MR) is 69.4 cm³/mol. The van der Waals surface area contributed by atoms with Crippen molar-refractivity contribution in [2.75, 3.05) is 26.2 Å². The van der Waals surface area contributed by atoms with Crippen molar-refractivity contribution in [1.29, 1.82) is 0 Å². The van der Waals surface area contributed by atoms with E-state index < -0.39 is 8.25 Å². The van der Waals surface area contributed by atoms with E-state index in [0.717, 1.165) is 0 Å². The highest BCUT2D eigenvalue weighted by molar-refractivity contribution is 7.32. The molecule has 20 heavy (non-hydrogen) atoms. The number of nitrogen functional groups attached to an aromatic ring is 1. The van der Waals surface area contributed by atoms with Gasteiger partial charge in [0.05, 0.1) is 20.0 Å². The Bertz CT molecular complexity index is 618. The molecule has 0 aliphatic carbocycles. The van der Waals surface area contributed by atoms with Gasteiger partial charge in [0.25, 0.3) is 0 Å². The number of imidazole rings is 1. The zero-order valence-corrected chi connectivity index (χ0v) is 11.6. The first-order valence-corrected chi connectivity index (χ1v) is 6.84. The van der Waals surface area contributed by atoms with Gasteiger partial charge in [-0.25, -0.2) is 4.98 Å². The van der Waals surface area contributed by atoms with Crippen LogP contribution in [-0.2, 0) is 20.4 Å². The minimum Gasteiger partial charge on any atom is -0.479 e. The smallest absolute Gasteiger partial charge is 0.318 e. The summed E-state index contributed by atoms with van der Waals surface area (Å²) in [5.41, 5.74) is 6.61. The van der Waals surface area contributed by atoms with Crippen molar-refractivity contribution in [3.8, 4) is 5.88 Å². The van der Waals surface area contributed by atoms with Gasteiger partial charge in [-0.2, -0.15) is 9.97 Å². The summed E-state index contributed by atoms with van der Waals surface area (Å²) in [6.45, 7) is 0.431. The zero-order chi connectivity index (χ0) is 14.5. The lowest BCUT2D eigenvalue weighted by Crippen LogP contribution is -2.08. The van der Waals surface area contributed by atoms with Crippen LogP contribution in [0, 0.1) is 0 Å². The van der Waals surface area contributed by atoms with Crippen molar-refractivity contribution in [2.45, 2.75) is 6.54 Å². The monoisotopic (exact) mass is 303 g/mol. The van der Waals surface area contributed by atoms with Gasteiger partial charge in [-0.3, -0.25) is 9.09 Å². The molecular formula is C9H14N5O5P. The Balaban J connectivity index is 2.04. The van der Waals surface area contributed by atoms with E-state index in [1.165, 1.54) is 7.11 Å². The highest BCUT2D eigenvalue weighted by Gasteiger charge is 2.12. The van der Waals surface area contributed by atoms with Crippen LogP contribution >= 0.6 is 8.25 Å². The molecule has 2 aromatic heterocycles. The number of aromatic nitrogens is 4. The van der Waals surface area contributed by atoms with E-state index in [1.54, 1.807) is 10.9 Å². The van der Waals surface area contributed by atoms with E-state index in [2.05, 4.69) is 19.5 Å². The minimum absolute atomic E-state index is 0.0826. The van der Waals surface area contributed by atoms with Gasteiger partial charge < -0.3 is 24.7 Å². The molecule has 11 heteroatoms. The second-order valence-corrected chi connectivity index (χ2v) is 4.46. The number of hydrogen-bond donors (Lipinski definition) is 2. The minimum atomic E-state index is -2.96. The summed E-state index contributed by atoms with van der Waals surface area (Å²) in [6, 6.07) is 0. The SMILES string of the molecule is COc1nc(N)nc2c1ncn2CCOCO[PH](=O)O. The molecular weight excluding hydrogens is 289 g/mol. The summed E-state index contributed by atoms with van der Waals surface area (Å²) in [6.07, 6.45) is 1.56. The van der Waals surface area contributed by atoms with Crippen LogP contribution in [-0.4, -0.2) is 44.9 Å². The van der Waals surface area contributed by atoms with Crippen molar-refractivity contribution < 1.29 is 23.5 Å². The summed E-state index contributed by atoms with van der Waals surface area (Å²) >= 11 is 0. The number of ether oxygens (including phenoxy) is 2. The molecule has 2 rings (SSSR count). The third-order valence-corrected chi connectivity index (χ3v) is 2.75. The first kappa shape index (κ1) is 14.7. The average Bonchev–Trinajstić information content (AvgIpc) is 2.80. The van der Waals surface area contributed by atoms with Gasteiger partial charge in [0.15, 0.2) is 18.0 Å². The molecule has 10 nitrogen and oxygen atoms in total. The Labute approximate surface area is 114 Å². The molecule has 0 bridgehead atoms. The Morgan fingerprint density at radius 3 is 3.00 bits per heavy atom. The van der Waals surface area contributed by atoms with Crippen molar-refractivity contribution >= 4 is 25.4 Å². The molecule has 0 aliphatic rings. The molecule has 110 valence electrons. The van der Waals surface area contributed by atoms with Gasteiger partial charge in [-0.05, 0) is 0 Å². The molecule has 0 spiro atoms. The lowest BCUT2D eigenvalue weighted by Gasteiger charge is -2.06. The highest BCUT2D eigenvalue weighted by Crippen LogP contribution is 2.21. The first-order chi connectivity index (χ1) is 9.61. The number of fused-ring (bicyclic) bond motifs is 1. The Morgan fingerprint density at radius 2 is 2.30 bits per heavy atom. The van der Waals surface area contributed by atoms with Crippen molar-refractivity contribution in [3.63, 3.8) is 0 Å². The summed E-state index contributed by atoms with van der Waals surface area (Å²) in [5.74, 6) is 0.383. The summed E-state index contributed by atoms with van der Waals surface area (Å²) in [7, 11) is -1.49. The van der Waals surface area contributed by atoms with E-state index in [9.17, 15) is 4.57 Å². The van der Waals surface area contributed by atoms with Crippen molar-refractivity contribution in [3.05, 3.63) is 6.33 Å². The van der Waals surface area contributed by atoms with Crippen LogP contribution in [0.5, 0.6) is 5.88 Å². The average molecular weight is 303 g/mol. The van der Waals surface area contributed by atoms with Gasteiger partial charge in [-0.15, -0.1) is 0 Å². The van der Waals surface area contributed by atoms with Gasteiger partial charge >= 0.3 is 8.25 Å². The third kappa shape index (κ3) is 3.42. The van der Waals surface area contributed by atoms with Crippen LogP contribution in [0.3, 0.4) is 0 Å². The fourth-order valence-corrected chi connectivity index (χ4v) is 1.74. The molecule has 3 N–H and O–H groups in total. The molecule has 1 unspecified atom stereocenters. The second-order valence-electron chi connectivity index (χ2n) is 3.64. The Kier molecular flexibility index (Phi) is 4.85. The summed E-state index contributed by atoms with van der Waals surface area (Å²) < 4.78 is 26.5. The topological polar surface area (TPSA) is 135 Å². The van der Waals surface area contributed by atoms with Gasteiger partial charge in [-0.1, -0.05) is 0 Å². The van der Waals surface area contributed by atoms with E-state index in [0.29, 0.717) is 23.6 Å². The maximum Gasteiger partial charge on any atom is 0.318 e. The first-order valence-electron chi connectivity index (χ1n) is 5.57. The third-order valence-electron chi connectivity index (χ3n) is 2.38. The highest BCUT2D eigenvalue weighted by atomic mass is 31.1. The maximum atomic E-state index is 10.3. The molecule has 0 aromatic carbocycles. The van der Waals surface area contributed by atoms with Crippen LogP contribution in [0.25, 0.3) is 11.2 Å². The molecule has 0 saturated heterocycles. The fraction of sp³-hybridized carbons (Fsp3) is 0.444. The number of nitrogens with two attached hydrogens (primary N) is 1. The van der Waals surface area contributed by atoms with Crippen molar-refractivity contribution in [1.82, 2.24) is 19.5 Å². The fourth-order valence-electron chi connectivity index (χ4n) is 1.55. The standard InChI is InChI=1S/C9H14N5O5P/c1-17-8-6-7(12-9(10)13-8)14(4-11-6)2-3-18-5-19-20(15)16/h4,20H,2-3,5H2,1H3,(H,15,16)(H2,10,12,13). The second kappa shape index (κ2) is 6.62.